The van der Waals surface area contributed by atoms with Gasteiger partial charge in [-0.3, -0.25) is 0 Å². The molecule has 2 N–H and O–H groups in total. The van der Waals surface area contributed by atoms with Gasteiger partial charge in [-0.1, -0.05) is 0 Å². The van der Waals surface area contributed by atoms with Crippen LogP contribution < -0.4 is 10.6 Å². The van der Waals surface area contributed by atoms with Gasteiger partial charge in [0.25, 0.3) is 0 Å². The standard InChI is InChI=1S/C9H13N5S/c10-4-1-8-12-9(15-13-8)14-5-2-7(11)3-6-14/h7H,1-3,5-6,11H2. The lowest BCUT2D eigenvalue weighted by molar-refractivity contribution is 0.500. The minimum Gasteiger partial charge on any atom is -0.347 e. The predicted octanol–water partition coefficient (Wildman–Crippen LogP) is 0.532. The molecule has 0 unspecified atom stereocenters. The molecular weight excluding hydrogens is 210 g/mol. The third-order valence-electron chi connectivity index (χ3n) is 2.50. The molecule has 0 atom stereocenters. The number of anilines is 1. The van der Waals surface area contributed by atoms with Gasteiger partial charge in [-0.25, -0.2) is 4.98 Å². The van der Waals surface area contributed by atoms with Gasteiger partial charge >= 0.3 is 0 Å². The van der Waals surface area contributed by atoms with Crippen molar-refractivity contribution in [1.82, 2.24) is 9.36 Å². The molecule has 0 aliphatic carbocycles. The summed E-state index contributed by atoms with van der Waals surface area (Å²) >= 11 is 1.37. The lowest BCUT2D eigenvalue weighted by Crippen LogP contribution is -2.39. The second kappa shape index (κ2) is 4.55. The van der Waals surface area contributed by atoms with E-state index in [-0.39, 0.29) is 0 Å². The van der Waals surface area contributed by atoms with Crippen LogP contribution in [0.3, 0.4) is 0 Å². The van der Waals surface area contributed by atoms with E-state index in [4.69, 9.17) is 11.0 Å². The normalized spacial score (nSPS) is 17.7. The van der Waals surface area contributed by atoms with Crippen molar-refractivity contribution in [3.63, 3.8) is 0 Å². The number of hydrogen-bond acceptors (Lipinski definition) is 6. The Bertz CT molecular complexity index is 361. The number of piperidine rings is 1. The monoisotopic (exact) mass is 223 g/mol. The summed E-state index contributed by atoms with van der Waals surface area (Å²) in [6.07, 6.45) is 2.31. The highest BCUT2D eigenvalue weighted by Crippen LogP contribution is 2.21. The van der Waals surface area contributed by atoms with Crippen molar-refractivity contribution in [3.8, 4) is 6.07 Å². The number of nitrogens with zero attached hydrogens (tertiary/aromatic N) is 4. The zero-order chi connectivity index (χ0) is 10.7. The predicted molar refractivity (Wildman–Crippen MR) is 58.6 cm³/mol. The molecular formula is C9H13N5S. The quantitative estimate of drug-likeness (QED) is 0.791. The molecule has 5 nitrogen and oxygen atoms in total. The van der Waals surface area contributed by atoms with Gasteiger partial charge in [0.15, 0.2) is 5.82 Å². The highest BCUT2D eigenvalue weighted by atomic mass is 32.1. The highest BCUT2D eigenvalue weighted by Gasteiger charge is 2.19. The first-order valence-electron chi connectivity index (χ1n) is 4.99. The Morgan fingerprint density at radius 3 is 2.93 bits per heavy atom. The Balaban J connectivity index is 2.00. The van der Waals surface area contributed by atoms with E-state index in [1.165, 1.54) is 11.5 Å². The first-order valence-corrected chi connectivity index (χ1v) is 5.77. The fourth-order valence-corrected chi connectivity index (χ4v) is 2.34. The zero-order valence-corrected chi connectivity index (χ0v) is 9.20. The number of nitrogens with two attached hydrogens (primary N) is 1. The Labute approximate surface area is 92.7 Å². The van der Waals surface area contributed by atoms with Crippen molar-refractivity contribution in [2.75, 3.05) is 18.0 Å². The molecule has 1 fully saturated rings. The van der Waals surface area contributed by atoms with Crippen LogP contribution in [-0.4, -0.2) is 28.5 Å². The van der Waals surface area contributed by atoms with Crippen LogP contribution in [0, 0.1) is 11.3 Å². The first-order chi connectivity index (χ1) is 7.29. The van der Waals surface area contributed by atoms with Crippen LogP contribution in [0.25, 0.3) is 0 Å². The van der Waals surface area contributed by atoms with E-state index < -0.39 is 0 Å². The molecule has 1 aliphatic rings. The van der Waals surface area contributed by atoms with Crippen LogP contribution >= 0.6 is 11.5 Å². The van der Waals surface area contributed by atoms with Crippen molar-refractivity contribution < 1.29 is 0 Å². The third kappa shape index (κ3) is 2.43. The van der Waals surface area contributed by atoms with Crippen LogP contribution in [0.1, 0.15) is 18.7 Å². The molecule has 1 aromatic rings. The second-order valence-corrected chi connectivity index (χ2v) is 4.38. The summed E-state index contributed by atoms with van der Waals surface area (Å²) in [5.41, 5.74) is 5.83. The average Bonchev–Trinajstić information content (AvgIpc) is 2.68. The molecule has 0 radical (unpaired) electrons. The smallest absolute Gasteiger partial charge is 0.205 e. The van der Waals surface area contributed by atoms with Crippen molar-refractivity contribution in [2.24, 2.45) is 5.73 Å². The molecule has 2 rings (SSSR count). The van der Waals surface area contributed by atoms with Crippen LogP contribution in [0.2, 0.25) is 0 Å². The van der Waals surface area contributed by atoms with Gasteiger partial charge in [0.1, 0.15) is 0 Å². The van der Waals surface area contributed by atoms with Gasteiger partial charge in [-0.05, 0) is 12.8 Å². The van der Waals surface area contributed by atoms with Gasteiger partial charge in [-0.15, -0.1) is 0 Å². The number of hydrogen-bond donors (Lipinski definition) is 1. The number of aromatic nitrogens is 2. The summed E-state index contributed by atoms with van der Waals surface area (Å²) < 4.78 is 4.14. The average molecular weight is 223 g/mol. The fraction of sp³-hybridized carbons (Fsp3) is 0.667. The van der Waals surface area contributed by atoms with Gasteiger partial charge in [0, 0.05) is 30.7 Å². The SMILES string of the molecule is N#CCc1nsc(N2CCC(N)CC2)n1. The molecule has 1 saturated heterocycles. The van der Waals surface area contributed by atoms with E-state index in [9.17, 15) is 0 Å². The molecule has 1 aromatic heterocycles. The summed E-state index contributed by atoms with van der Waals surface area (Å²) in [7, 11) is 0. The third-order valence-corrected chi connectivity index (χ3v) is 3.32. The maximum atomic E-state index is 8.52. The Kier molecular flexibility index (Phi) is 3.14. The van der Waals surface area contributed by atoms with E-state index in [1.54, 1.807) is 0 Å². The van der Waals surface area contributed by atoms with Crippen LogP contribution in [0.5, 0.6) is 0 Å². The Morgan fingerprint density at radius 1 is 1.53 bits per heavy atom. The Morgan fingerprint density at radius 2 is 2.27 bits per heavy atom. The van der Waals surface area contributed by atoms with Crippen LogP contribution in [-0.2, 0) is 6.42 Å². The summed E-state index contributed by atoms with van der Waals surface area (Å²) in [5.74, 6) is 0.632. The maximum absolute atomic E-state index is 8.52. The van der Waals surface area contributed by atoms with E-state index in [1.807, 2.05) is 0 Å². The molecule has 0 amide bonds. The molecule has 2 heterocycles. The van der Waals surface area contributed by atoms with Crippen molar-refractivity contribution in [2.45, 2.75) is 25.3 Å². The van der Waals surface area contributed by atoms with E-state index in [2.05, 4.69) is 20.3 Å². The highest BCUT2D eigenvalue weighted by molar-refractivity contribution is 7.09. The summed E-state index contributed by atoms with van der Waals surface area (Å²) in [4.78, 5) is 6.52. The maximum Gasteiger partial charge on any atom is 0.205 e. The Hall–Kier alpha value is -1.19. The summed E-state index contributed by atoms with van der Waals surface area (Å²) in [6, 6.07) is 2.38. The van der Waals surface area contributed by atoms with Crippen molar-refractivity contribution in [1.29, 1.82) is 5.26 Å². The largest absolute Gasteiger partial charge is 0.347 e. The van der Waals surface area contributed by atoms with Gasteiger partial charge in [0.2, 0.25) is 5.13 Å². The van der Waals surface area contributed by atoms with Crippen molar-refractivity contribution in [3.05, 3.63) is 5.82 Å². The van der Waals surface area contributed by atoms with Gasteiger partial charge in [-0.2, -0.15) is 9.64 Å². The summed E-state index contributed by atoms with van der Waals surface area (Å²) in [5, 5.41) is 9.44. The fourth-order valence-electron chi connectivity index (χ4n) is 1.61. The number of nitriles is 1. The van der Waals surface area contributed by atoms with E-state index in [0.29, 0.717) is 18.3 Å². The molecule has 0 aromatic carbocycles. The molecule has 0 spiro atoms. The first kappa shape index (κ1) is 10.3. The minimum absolute atomic E-state index is 0.295. The van der Waals surface area contributed by atoms with E-state index in [0.717, 1.165) is 31.1 Å². The lowest BCUT2D eigenvalue weighted by atomic mass is 10.1. The number of rotatable bonds is 2. The molecule has 6 heteroatoms. The lowest BCUT2D eigenvalue weighted by Gasteiger charge is -2.29. The molecule has 15 heavy (non-hydrogen) atoms. The van der Waals surface area contributed by atoms with Gasteiger partial charge < -0.3 is 10.6 Å². The van der Waals surface area contributed by atoms with Crippen molar-refractivity contribution >= 4 is 16.7 Å². The zero-order valence-electron chi connectivity index (χ0n) is 8.39. The molecule has 0 bridgehead atoms. The topological polar surface area (TPSA) is 78.8 Å². The minimum atomic E-state index is 0.295. The molecule has 0 saturated carbocycles. The van der Waals surface area contributed by atoms with E-state index >= 15 is 0 Å². The van der Waals surface area contributed by atoms with Crippen LogP contribution in [0.15, 0.2) is 0 Å². The molecule has 1 aliphatic heterocycles. The second-order valence-electron chi connectivity index (χ2n) is 3.65. The van der Waals surface area contributed by atoms with Crippen LogP contribution in [0.4, 0.5) is 5.13 Å². The van der Waals surface area contributed by atoms with Gasteiger partial charge in [0.05, 0.1) is 12.5 Å². The molecule has 80 valence electrons. The summed E-state index contributed by atoms with van der Waals surface area (Å²) in [6.45, 7) is 1.89.